The standard InChI is InChI=1S/C21H22N4O2/c1-14(26)25-12-17-11-24(21-16(10-22)4-3-9-23-21)13-19(17)20(25)15-5-7-18(27-2)8-6-15/h3-9,17,19-20H,11-13H2,1-2H3/t17-,19-,20+/m1/s1. The van der Waals surface area contributed by atoms with Crippen LogP contribution >= 0.6 is 0 Å². The minimum atomic E-state index is 0.0395. The number of ether oxygens (including phenoxy) is 1. The average Bonchev–Trinajstić information content (AvgIpc) is 3.26. The zero-order valence-electron chi connectivity index (χ0n) is 15.5. The Morgan fingerprint density at radius 2 is 2.00 bits per heavy atom. The molecule has 0 spiro atoms. The number of pyridine rings is 1. The quantitative estimate of drug-likeness (QED) is 0.839. The number of hydrogen-bond donors (Lipinski definition) is 0. The summed E-state index contributed by atoms with van der Waals surface area (Å²) in [5.41, 5.74) is 1.73. The van der Waals surface area contributed by atoms with E-state index in [0.29, 0.717) is 17.4 Å². The topological polar surface area (TPSA) is 69.5 Å². The van der Waals surface area contributed by atoms with E-state index in [4.69, 9.17) is 4.74 Å². The number of hydrogen-bond acceptors (Lipinski definition) is 5. The molecule has 1 amide bonds. The maximum atomic E-state index is 12.3. The maximum Gasteiger partial charge on any atom is 0.219 e. The molecule has 2 aromatic rings. The number of amides is 1. The number of methoxy groups -OCH3 is 1. The Morgan fingerprint density at radius 3 is 2.67 bits per heavy atom. The predicted octanol–water partition coefficient (Wildman–Crippen LogP) is 2.62. The number of likely N-dealkylation sites (tertiary alicyclic amines) is 1. The van der Waals surface area contributed by atoms with Gasteiger partial charge in [0, 0.05) is 44.6 Å². The molecule has 27 heavy (non-hydrogen) atoms. The van der Waals surface area contributed by atoms with Gasteiger partial charge in [0.1, 0.15) is 17.6 Å². The lowest BCUT2D eigenvalue weighted by atomic mass is 9.89. The smallest absolute Gasteiger partial charge is 0.219 e. The highest BCUT2D eigenvalue weighted by Crippen LogP contribution is 2.46. The zero-order chi connectivity index (χ0) is 19.0. The molecular weight excluding hydrogens is 340 g/mol. The van der Waals surface area contributed by atoms with E-state index in [2.05, 4.69) is 16.0 Å². The van der Waals surface area contributed by atoms with Gasteiger partial charge in [-0.1, -0.05) is 12.1 Å². The van der Waals surface area contributed by atoms with E-state index >= 15 is 0 Å². The number of fused-ring (bicyclic) bond motifs is 1. The number of nitrogens with zero attached hydrogens (tertiary/aromatic N) is 4. The summed E-state index contributed by atoms with van der Waals surface area (Å²) in [6.07, 6.45) is 1.73. The minimum absolute atomic E-state index is 0.0395. The van der Waals surface area contributed by atoms with Crippen LogP contribution in [0.5, 0.6) is 5.75 Å². The molecule has 6 nitrogen and oxygen atoms in total. The van der Waals surface area contributed by atoms with Crippen LogP contribution in [0.25, 0.3) is 0 Å². The van der Waals surface area contributed by atoms with E-state index in [9.17, 15) is 10.1 Å². The maximum absolute atomic E-state index is 12.3. The second kappa shape index (κ2) is 6.92. The van der Waals surface area contributed by atoms with Gasteiger partial charge in [-0.2, -0.15) is 5.26 Å². The fourth-order valence-electron chi connectivity index (χ4n) is 4.51. The summed E-state index contributed by atoms with van der Waals surface area (Å²) in [6.45, 7) is 3.98. The molecule has 138 valence electrons. The fraction of sp³-hybridized carbons (Fsp3) is 0.381. The molecule has 0 saturated carbocycles. The van der Waals surface area contributed by atoms with Gasteiger partial charge in [-0.15, -0.1) is 0 Å². The van der Waals surface area contributed by atoms with E-state index in [-0.39, 0.29) is 11.9 Å². The van der Waals surface area contributed by atoms with Crippen LogP contribution in [0.15, 0.2) is 42.6 Å². The van der Waals surface area contributed by atoms with Crippen LogP contribution in [0.2, 0.25) is 0 Å². The van der Waals surface area contributed by atoms with E-state index in [1.165, 1.54) is 0 Å². The normalized spacial score (nSPS) is 23.8. The summed E-state index contributed by atoms with van der Waals surface area (Å²) in [5.74, 6) is 2.35. The van der Waals surface area contributed by atoms with E-state index in [0.717, 1.165) is 36.8 Å². The Kier molecular flexibility index (Phi) is 4.44. The summed E-state index contributed by atoms with van der Waals surface area (Å²) in [5, 5.41) is 9.39. The second-order valence-corrected chi connectivity index (χ2v) is 7.20. The molecule has 2 saturated heterocycles. The number of anilines is 1. The van der Waals surface area contributed by atoms with Gasteiger partial charge in [0.05, 0.1) is 18.7 Å². The highest BCUT2D eigenvalue weighted by atomic mass is 16.5. The van der Waals surface area contributed by atoms with E-state index in [1.807, 2.05) is 29.2 Å². The fourth-order valence-corrected chi connectivity index (χ4v) is 4.51. The highest BCUT2D eigenvalue weighted by Gasteiger charge is 2.48. The van der Waals surface area contributed by atoms with Gasteiger partial charge in [0.25, 0.3) is 0 Å². The molecule has 0 bridgehead atoms. The number of aromatic nitrogens is 1. The molecule has 3 atom stereocenters. The molecule has 0 N–H and O–H groups in total. The predicted molar refractivity (Wildman–Crippen MR) is 101 cm³/mol. The number of carbonyl (C=O) groups is 1. The number of carbonyl (C=O) groups excluding carboxylic acids is 1. The summed E-state index contributed by atoms with van der Waals surface area (Å²) < 4.78 is 5.27. The van der Waals surface area contributed by atoms with Crippen molar-refractivity contribution in [1.82, 2.24) is 9.88 Å². The molecule has 6 heteroatoms. The van der Waals surface area contributed by atoms with E-state index < -0.39 is 0 Å². The average molecular weight is 362 g/mol. The molecule has 2 fully saturated rings. The van der Waals surface area contributed by atoms with Crippen LogP contribution in [-0.4, -0.2) is 42.5 Å². The second-order valence-electron chi connectivity index (χ2n) is 7.20. The third-order valence-corrected chi connectivity index (χ3v) is 5.73. The third-order valence-electron chi connectivity index (χ3n) is 5.73. The first-order valence-electron chi connectivity index (χ1n) is 9.13. The van der Waals surface area contributed by atoms with Crippen LogP contribution in [0.4, 0.5) is 5.82 Å². The van der Waals surface area contributed by atoms with Crippen LogP contribution in [0.3, 0.4) is 0 Å². The lowest BCUT2D eigenvalue weighted by molar-refractivity contribution is -0.130. The first kappa shape index (κ1) is 17.3. The molecule has 0 unspecified atom stereocenters. The molecule has 3 heterocycles. The lowest BCUT2D eigenvalue weighted by Gasteiger charge is -2.29. The molecule has 1 aromatic heterocycles. The van der Waals surface area contributed by atoms with Crippen molar-refractivity contribution >= 4 is 11.7 Å². The van der Waals surface area contributed by atoms with Gasteiger partial charge in [-0.3, -0.25) is 4.79 Å². The van der Waals surface area contributed by atoms with Crippen LogP contribution in [-0.2, 0) is 4.79 Å². The van der Waals surface area contributed by atoms with Gasteiger partial charge < -0.3 is 14.5 Å². The number of nitriles is 1. The van der Waals surface area contributed by atoms with E-state index in [1.54, 1.807) is 32.4 Å². The molecule has 0 aliphatic carbocycles. The Bertz CT molecular complexity index is 890. The molecule has 2 aliphatic rings. The summed E-state index contributed by atoms with van der Waals surface area (Å²) in [4.78, 5) is 20.9. The van der Waals surface area contributed by atoms with Crippen molar-refractivity contribution in [2.24, 2.45) is 11.8 Å². The Balaban J connectivity index is 1.64. The first-order chi connectivity index (χ1) is 13.1. The Morgan fingerprint density at radius 1 is 1.22 bits per heavy atom. The third kappa shape index (κ3) is 2.99. The van der Waals surface area contributed by atoms with Crippen LogP contribution in [0.1, 0.15) is 24.1 Å². The van der Waals surface area contributed by atoms with Gasteiger partial charge in [-0.05, 0) is 29.8 Å². The summed E-state index contributed by atoms with van der Waals surface area (Å²) in [6, 6.07) is 13.9. The van der Waals surface area contributed by atoms with Crippen LogP contribution < -0.4 is 9.64 Å². The lowest BCUT2D eigenvalue weighted by Crippen LogP contribution is -2.34. The minimum Gasteiger partial charge on any atom is -0.497 e. The Labute approximate surface area is 159 Å². The largest absolute Gasteiger partial charge is 0.497 e. The van der Waals surface area contributed by atoms with Gasteiger partial charge in [0.2, 0.25) is 5.91 Å². The SMILES string of the molecule is COc1ccc([C@H]2[C@@H]3CN(c4ncccc4C#N)C[C@@H]3CN2C(C)=O)cc1. The zero-order valence-corrected chi connectivity index (χ0v) is 15.5. The van der Waals surface area contributed by atoms with Crippen molar-refractivity contribution in [2.45, 2.75) is 13.0 Å². The molecule has 0 radical (unpaired) electrons. The molecular formula is C21H22N4O2. The van der Waals surface area contributed by atoms with Gasteiger partial charge in [0.15, 0.2) is 0 Å². The highest BCUT2D eigenvalue weighted by molar-refractivity contribution is 5.74. The number of benzene rings is 1. The Hall–Kier alpha value is -3.07. The van der Waals surface area contributed by atoms with Crippen molar-refractivity contribution in [2.75, 3.05) is 31.6 Å². The molecule has 1 aromatic carbocycles. The first-order valence-corrected chi connectivity index (χ1v) is 9.13. The number of rotatable bonds is 3. The van der Waals surface area contributed by atoms with Crippen LogP contribution in [0, 0.1) is 23.2 Å². The summed E-state index contributed by atoms with van der Waals surface area (Å²) >= 11 is 0. The summed E-state index contributed by atoms with van der Waals surface area (Å²) in [7, 11) is 1.65. The van der Waals surface area contributed by atoms with Gasteiger partial charge in [-0.25, -0.2) is 4.98 Å². The van der Waals surface area contributed by atoms with Crippen molar-refractivity contribution in [3.8, 4) is 11.8 Å². The monoisotopic (exact) mass is 362 g/mol. The van der Waals surface area contributed by atoms with Crippen molar-refractivity contribution in [3.05, 3.63) is 53.7 Å². The molecule has 2 aliphatic heterocycles. The van der Waals surface area contributed by atoms with Gasteiger partial charge >= 0.3 is 0 Å². The van der Waals surface area contributed by atoms with Crippen molar-refractivity contribution in [1.29, 1.82) is 5.26 Å². The molecule has 4 rings (SSSR count). The van der Waals surface area contributed by atoms with Crippen molar-refractivity contribution in [3.63, 3.8) is 0 Å². The van der Waals surface area contributed by atoms with Crippen molar-refractivity contribution < 1.29 is 9.53 Å².